The smallest absolute Gasteiger partial charge is 0.317 e. The largest absolute Gasteiger partial charge is 0.334 e. The van der Waals surface area contributed by atoms with Crippen LogP contribution in [0.4, 0.5) is 4.79 Å². The molecule has 29 heavy (non-hydrogen) atoms. The Morgan fingerprint density at radius 3 is 2.72 bits per heavy atom. The molecule has 0 spiro atoms. The first-order chi connectivity index (χ1) is 14.2. The highest BCUT2D eigenvalue weighted by molar-refractivity contribution is 5.75. The molecule has 150 valence electrons. The standard InChI is InChI=1S/C22H26N6O/c23-10-6-17-9-13-27(15-17)22(29)25-14-19-16-28(20-4-2-1-3-5-20)26-21(19)18-7-11-24-12-8-18/h1-5,7-8,11-12,16-17H,6,9-10,13-15,23H2,(H,25,29). The van der Waals surface area contributed by atoms with Crippen LogP contribution in [0.3, 0.4) is 0 Å². The van der Waals surface area contributed by atoms with E-state index >= 15 is 0 Å². The van der Waals surface area contributed by atoms with Crippen LogP contribution in [-0.4, -0.2) is 45.3 Å². The molecule has 3 heterocycles. The molecule has 2 amide bonds. The summed E-state index contributed by atoms with van der Waals surface area (Å²) in [4.78, 5) is 18.6. The fourth-order valence-corrected chi connectivity index (χ4v) is 3.78. The lowest BCUT2D eigenvalue weighted by Gasteiger charge is -2.17. The predicted octanol–water partition coefficient (Wildman–Crippen LogP) is 2.81. The number of para-hydroxylation sites is 1. The van der Waals surface area contributed by atoms with Crippen molar-refractivity contribution in [1.29, 1.82) is 0 Å². The Balaban J connectivity index is 1.52. The Hall–Kier alpha value is -3.19. The number of hydrogen-bond acceptors (Lipinski definition) is 4. The molecule has 1 fully saturated rings. The van der Waals surface area contributed by atoms with E-state index in [0.29, 0.717) is 19.0 Å². The summed E-state index contributed by atoms with van der Waals surface area (Å²) >= 11 is 0. The van der Waals surface area contributed by atoms with E-state index in [9.17, 15) is 4.79 Å². The Bertz CT molecular complexity index is 940. The van der Waals surface area contributed by atoms with Crippen molar-refractivity contribution < 1.29 is 4.79 Å². The van der Waals surface area contributed by atoms with Crippen molar-refractivity contribution >= 4 is 6.03 Å². The minimum absolute atomic E-state index is 0.0299. The molecule has 2 aromatic heterocycles. The van der Waals surface area contributed by atoms with Crippen LogP contribution in [0.25, 0.3) is 16.9 Å². The molecular formula is C22H26N6O. The maximum Gasteiger partial charge on any atom is 0.317 e. The second-order valence-corrected chi connectivity index (χ2v) is 7.36. The number of nitrogens with zero attached hydrogens (tertiary/aromatic N) is 4. The van der Waals surface area contributed by atoms with Crippen molar-refractivity contribution in [1.82, 2.24) is 25.0 Å². The molecular weight excluding hydrogens is 364 g/mol. The zero-order valence-electron chi connectivity index (χ0n) is 16.4. The Kier molecular flexibility index (Phi) is 5.86. The molecule has 1 aliphatic rings. The molecule has 1 unspecified atom stereocenters. The number of carbonyl (C=O) groups is 1. The number of carbonyl (C=O) groups excluding carboxylic acids is 1. The number of nitrogens with one attached hydrogen (secondary N) is 1. The molecule has 0 bridgehead atoms. The first-order valence-electron chi connectivity index (χ1n) is 10.0. The van der Waals surface area contributed by atoms with Crippen LogP contribution >= 0.6 is 0 Å². The number of pyridine rings is 1. The van der Waals surface area contributed by atoms with Gasteiger partial charge in [-0.3, -0.25) is 4.98 Å². The molecule has 7 heteroatoms. The molecule has 0 radical (unpaired) electrons. The molecule has 3 aromatic rings. The molecule has 1 saturated heterocycles. The van der Waals surface area contributed by atoms with E-state index in [1.165, 1.54) is 0 Å². The summed E-state index contributed by atoms with van der Waals surface area (Å²) in [5, 5.41) is 7.84. The minimum atomic E-state index is -0.0299. The third kappa shape index (κ3) is 4.46. The van der Waals surface area contributed by atoms with E-state index in [1.54, 1.807) is 12.4 Å². The van der Waals surface area contributed by atoms with E-state index in [-0.39, 0.29) is 6.03 Å². The van der Waals surface area contributed by atoms with Crippen LogP contribution in [-0.2, 0) is 6.54 Å². The topological polar surface area (TPSA) is 89.1 Å². The molecule has 3 N–H and O–H groups in total. The van der Waals surface area contributed by atoms with E-state index in [4.69, 9.17) is 10.8 Å². The van der Waals surface area contributed by atoms with Crippen LogP contribution < -0.4 is 11.1 Å². The predicted molar refractivity (Wildman–Crippen MR) is 112 cm³/mol. The third-order valence-electron chi connectivity index (χ3n) is 5.34. The van der Waals surface area contributed by atoms with Gasteiger partial charge in [-0.05, 0) is 49.6 Å². The van der Waals surface area contributed by atoms with Crippen molar-refractivity contribution in [3.8, 4) is 16.9 Å². The van der Waals surface area contributed by atoms with Crippen LogP contribution in [0.15, 0.2) is 61.1 Å². The summed E-state index contributed by atoms with van der Waals surface area (Å²) in [6.45, 7) is 2.66. The summed E-state index contributed by atoms with van der Waals surface area (Å²) in [7, 11) is 0. The quantitative estimate of drug-likeness (QED) is 0.677. The summed E-state index contributed by atoms with van der Waals surface area (Å²) < 4.78 is 1.85. The van der Waals surface area contributed by atoms with Crippen molar-refractivity contribution in [3.63, 3.8) is 0 Å². The second kappa shape index (κ2) is 8.87. The summed E-state index contributed by atoms with van der Waals surface area (Å²) in [5.41, 5.74) is 9.42. The highest BCUT2D eigenvalue weighted by atomic mass is 16.2. The molecule has 7 nitrogen and oxygen atoms in total. The first-order valence-corrected chi connectivity index (χ1v) is 10.0. The number of nitrogens with two attached hydrogens (primary N) is 1. The fourth-order valence-electron chi connectivity index (χ4n) is 3.78. The number of rotatable bonds is 6. The van der Waals surface area contributed by atoms with Gasteiger partial charge in [0.1, 0.15) is 0 Å². The van der Waals surface area contributed by atoms with Crippen molar-refractivity contribution in [3.05, 3.63) is 66.6 Å². The second-order valence-electron chi connectivity index (χ2n) is 7.36. The van der Waals surface area contributed by atoms with Gasteiger partial charge in [0, 0.05) is 49.4 Å². The summed E-state index contributed by atoms with van der Waals surface area (Å²) in [5.74, 6) is 0.513. The molecule has 1 aromatic carbocycles. The molecule has 1 aliphatic heterocycles. The van der Waals surface area contributed by atoms with Crippen LogP contribution in [0.1, 0.15) is 18.4 Å². The van der Waals surface area contributed by atoms with E-state index in [0.717, 1.165) is 48.4 Å². The van der Waals surface area contributed by atoms with Gasteiger partial charge < -0.3 is 16.0 Å². The van der Waals surface area contributed by atoms with Gasteiger partial charge >= 0.3 is 6.03 Å². The maximum absolute atomic E-state index is 12.6. The maximum atomic E-state index is 12.6. The minimum Gasteiger partial charge on any atom is -0.334 e. The van der Waals surface area contributed by atoms with Gasteiger partial charge in [-0.25, -0.2) is 9.48 Å². The van der Waals surface area contributed by atoms with Gasteiger partial charge in [-0.15, -0.1) is 0 Å². The third-order valence-corrected chi connectivity index (χ3v) is 5.34. The lowest BCUT2D eigenvalue weighted by molar-refractivity contribution is 0.206. The van der Waals surface area contributed by atoms with E-state index in [1.807, 2.05) is 58.2 Å². The normalized spacial score (nSPS) is 16.2. The molecule has 4 rings (SSSR count). The fraction of sp³-hybridized carbons (Fsp3) is 0.318. The monoisotopic (exact) mass is 390 g/mol. The molecule has 0 aliphatic carbocycles. The molecule has 0 saturated carbocycles. The van der Waals surface area contributed by atoms with Gasteiger partial charge in [0.05, 0.1) is 11.4 Å². The van der Waals surface area contributed by atoms with Gasteiger partial charge in [-0.2, -0.15) is 5.10 Å². The number of aromatic nitrogens is 3. The van der Waals surface area contributed by atoms with Crippen molar-refractivity contribution in [2.75, 3.05) is 19.6 Å². The van der Waals surface area contributed by atoms with Gasteiger partial charge in [0.2, 0.25) is 0 Å². The number of hydrogen-bond donors (Lipinski definition) is 2. The number of urea groups is 1. The van der Waals surface area contributed by atoms with Crippen LogP contribution in [0, 0.1) is 5.92 Å². The van der Waals surface area contributed by atoms with Crippen LogP contribution in [0.2, 0.25) is 0 Å². The Morgan fingerprint density at radius 1 is 1.17 bits per heavy atom. The van der Waals surface area contributed by atoms with Gasteiger partial charge in [0.15, 0.2) is 0 Å². The van der Waals surface area contributed by atoms with Crippen molar-refractivity contribution in [2.45, 2.75) is 19.4 Å². The van der Waals surface area contributed by atoms with E-state index in [2.05, 4.69) is 10.3 Å². The SMILES string of the molecule is NCCC1CCN(C(=O)NCc2cn(-c3ccccc3)nc2-c2ccncc2)C1. The zero-order chi connectivity index (χ0) is 20.1. The van der Waals surface area contributed by atoms with Crippen LogP contribution in [0.5, 0.6) is 0 Å². The lowest BCUT2D eigenvalue weighted by atomic mass is 10.1. The number of likely N-dealkylation sites (tertiary alicyclic amines) is 1. The number of amides is 2. The summed E-state index contributed by atoms with van der Waals surface area (Å²) in [6, 6.07) is 13.8. The lowest BCUT2D eigenvalue weighted by Crippen LogP contribution is -2.38. The average molecular weight is 390 g/mol. The zero-order valence-corrected chi connectivity index (χ0v) is 16.4. The Labute approximate surface area is 170 Å². The molecule has 1 atom stereocenters. The average Bonchev–Trinajstić information content (AvgIpc) is 3.41. The summed E-state index contributed by atoms with van der Waals surface area (Å²) in [6.07, 6.45) is 7.48. The highest BCUT2D eigenvalue weighted by Crippen LogP contribution is 2.24. The van der Waals surface area contributed by atoms with E-state index < -0.39 is 0 Å². The Morgan fingerprint density at radius 2 is 1.97 bits per heavy atom. The highest BCUT2D eigenvalue weighted by Gasteiger charge is 2.25. The number of benzene rings is 1. The van der Waals surface area contributed by atoms with Crippen molar-refractivity contribution in [2.24, 2.45) is 11.7 Å². The van der Waals surface area contributed by atoms with Gasteiger partial charge in [-0.1, -0.05) is 18.2 Å². The van der Waals surface area contributed by atoms with Gasteiger partial charge in [0.25, 0.3) is 0 Å². The first kappa shape index (κ1) is 19.1.